The largest absolute Gasteiger partial charge is 0.467 e. The predicted molar refractivity (Wildman–Crippen MR) is 53.8 cm³/mol. The molecular weight excluding hydrogens is 223 g/mol. The van der Waals surface area contributed by atoms with Crippen molar-refractivity contribution in [1.82, 2.24) is 5.32 Å². The maximum atomic E-state index is 11.1. The van der Waals surface area contributed by atoms with Crippen LogP contribution in [-0.4, -0.2) is 42.9 Å². The van der Waals surface area contributed by atoms with Crippen molar-refractivity contribution in [3.63, 3.8) is 0 Å². The Morgan fingerprint density at radius 1 is 1.60 bits per heavy atom. The van der Waals surface area contributed by atoms with E-state index in [0.29, 0.717) is 0 Å². The van der Waals surface area contributed by atoms with E-state index < -0.39 is 25.4 Å². The molecule has 0 spiro atoms. The van der Waals surface area contributed by atoms with Crippen molar-refractivity contribution in [2.45, 2.75) is 12.5 Å². The lowest BCUT2D eigenvalue weighted by atomic mass is 10.2. The highest BCUT2D eigenvalue weighted by molar-refractivity contribution is 7.57. The van der Waals surface area contributed by atoms with Gasteiger partial charge in [-0.1, -0.05) is 0 Å². The van der Waals surface area contributed by atoms with E-state index in [0.717, 1.165) is 7.11 Å². The van der Waals surface area contributed by atoms with Crippen LogP contribution in [-0.2, 0) is 14.1 Å². The van der Waals surface area contributed by atoms with E-state index >= 15 is 0 Å². The number of primary amides is 1. The fourth-order valence-electron chi connectivity index (χ4n) is 0.932. The van der Waals surface area contributed by atoms with Gasteiger partial charge >= 0.3 is 12.0 Å². The molecule has 0 aliphatic rings. The zero-order chi connectivity index (χ0) is 12.1. The second-order valence-corrected chi connectivity index (χ2v) is 5.70. The lowest BCUT2D eigenvalue weighted by Gasteiger charge is -2.15. The van der Waals surface area contributed by atoms with Crippen LogP contribution in [0.1, 0.15) is 6.42 Å². The second kappa shape index (κ2) is 5.72. The van der Waals surface area contributed by atoms with Gasteiger partial charge in [-0.3, -0.25) is 4.57 Å². The number of hydrogen-bond acceptors (Lipinski definition) is 4. The molecule has 15 heavy (non-hydrogen) atoms. The first-order valence-corrected chi connectivity index (χ1v) is 6.48. The van der Waals surface area contributed by atoms with Gasteiger partial charge in [-0.2, -0.15) is 0 Å². The fourth-order valence-corrected chi connectivity index (χ4v) is 1.67. The maximum absolute atomic E-state index is 11.1. The number of esters is 1. The molecule has 7 nitrogen and oxygen atoms in total. The molecule has 0 rings (SSSR count). The molecule has 0 aromatic rings. The summed E-state index contributed by atoms with van der Waals surface area (Å²) in [6.07, 6.45) is -0.0765. The quantitative estimate of drug-likeness (QED) is 0.440. The Bertz CT molecular complexity index is 287. The van der Waals surface area contributed by atoms with Crippen LogP contribution in [0.5, 0.6) is 0 Å². The minimum Gasteiger partial charge on any atom is -0.467 e. The number of urea groups is 1. The van der Waals surface area contributed by atoms with Crippen molar-refractivity contribution in [1.29, 1.82) is 0 Å². The normalized spacial score (nSPS) is 16.2. The molecule has 88 valence electrons. The Balaban J connectivity index is 4.32. The van der Waals surface area contributed by atoms with E-state index in [4.69, 9.17) is 10.6 Å². The third kappa shape index (κ3) is 6.93. The molecule has 0 aliphatic heterocycles. The molecule has 4 N–H and O–H groups in total. The summed E-state index contributed by atoms with van der Waals surface area (Å²) in [6, 6.07) is -1.86. The van der Waals surface area contributed by atoms with E-state index in [2.05, 4.69) is 10.1 Å². The predicted octanol–water partition coefficient (Wildman–Crippen LogP) is -0.513. The Labute approximate surface area is 87.4 Å². The summed E-state index contributed by atoms with van der Waals surface area (Å²) < 4.78 is 15.4. The van der Waals surface area contributed by atoms with Crippen molar-refractivity contribution >= 4 is 19.4 Å². The molecule has 0 saturated carbocycles. The number of hydrogen-bond donors (Lipinski definition) is 3. The van der Waals surface area contributed by atoms with E-state index in [1.165, 1.54) is 6.66 Å². The standard InChI is InChI=1S/C7H15N2O5P/c1-14-6(10)5(9-7(8)11)3-4-15(2,12)13/h5H,3-4H2,1-2H3,(H,12,13)(H3,8,9,11). The molecule has 2 unspecified atom stereocenters. The summed E-state index contributed by atoms with van der Waals surface area (Å²) in [6.45, 7) is 1.17. The fraction of sp³-hybridized carbons (Fsp3) is 0.714. The molecule has 0 heterocycles. The van der Waals surface area contributed by atoms with Gasteiger partial charge in [0.15, 0.2) is 7.37 Å². The summed E-state index contributed by atoms with van der Waals surface area (Å²) in [5.74, 6) is -0.692. The molecule has 8 heteroatoms. The monoisotopic (exact) mass is 238 g/mol. The summed E-state index contributed by atoms with van der Waals surface area (Å²) in [5, 5.41) is 2.14. The van der Waals surface area contributed by atoms with E-state index in [1.807, 2.05) is 0 Å². The highest BCUT2D eigenvalue weighted by Gasteiger charge is 2.23. The minimum absolute atomic E-state index is 0.0138. The first kappa shape index (κ1) is 13.9. The molecule has 2 amide bonds. The number of ether oxygens (including phenoxy) is 1. The average molecular weight is 238 g/mol. The molecule has 0 aromatic carbocycles. The van der Waals surface area contributed by atoms with Crippen LogP contribution < -0.4 is 11.1 Å². The van der Waals surface area contributed by atoms with E-state index in [9.17, 15) is 14.2 Å². The molecule has 0 radical (unpaired) electrons. The summed E-state index contributed by atoms with van der Waals surface area (Å²) in [5.41, 5.74) is 4.84. The van der Waals surface area contributed by atoms with Gasteiger partial charge < -0.3 is 20.7 Å². The molecule has 0 bridgehead atoms. The Morgan fingerprint density at radius 3 is 2.47 bits per heavy atom. The Kier molecular flexibility index (Phi) is 5.32. The van der Waals surface area contributed by atoms with Crippen LogP contribution in [0.3, 0.4) is 0 Å². The van der Waals surface area contributed by atoms with Gasteiger partial charge in [-0.05, 0) is 6.42 Å². The SMILES string of the molecule is COC(=O)C(CCP(C)(=O)O)NC(N)=O. The summed E-state index contributed by atoms with van der Waals surface area (Å²) in [7, 11) is -2.06. The number of amides is 2. The smallest absolute Gasteiger partial charge is 0.328 e. The molecular formula is C7H15N2O5P. The van der Waals surface area contributed by atoms with Crippen LogP contribution in [0.15, 0.2) is 0 Å². The molecule has 2 atom stereocenters. The van der Waals surface area contributed by atoms with Crippen molar-refractivity contribution in [2.24, 2.45) is 5.73 Å². The summed E-state index contributed by atoms with van der Waals surface area (Å²) >= 11 is 0. The Hall–Kier alpha value is -1.07. The number of nitrogens with two attached hydrogens (primary N) is 1. The van der Waals surface area contributed by atoms with Gasteiger partial charge in [0, 0.05) is 12.8 Å². The first-order chi connectivity index (χ1) is 6.76. The number of nitrogens with one attached hydrogen (secondary N) is 1. The van der Waals surface area contributed by atoms with Gasteiger partial charge in [0.05, 0.1) is 7.11 Å². The van der Waals surface area contributed by atoms with Gasteiger partial charge in [0.1, 0.15) is 6.04 Å². The van der Waals surface area contributed by atoms with Gasteiger partial charge in [-0.15, -0.1) is 0 Å². The minimum atomic E-state index is -3.21. The van der Waals surface area contributed by atoms with Crippen molar-refractivity contribution < 1.29 is 23.8 Å². The van der Waals surface area contributed by atoms with Crippen molar-refractivity contribution in [3.05, 3.63) is 0 Å². The third-order valence-electron chi connectivity index (χ3n) is 1.63. The zero-order valence-corrected chi connectivity index (χ0v) is 9.49. The number of carbonyl (C=O) groups excluding carboxylic acids is 2. The lowest BCUT2D eigenvalue weighted by molar-refractivity contribution is -0.142. The highest BCUT2D eigenvalue weighted by atomic mass is 31.2. The van der Waals surface area contributed by atoms with Crippen LogP contribution in [0.25, 0.3) is 0 Å². The van der Waals surface area contributed by atoms with Crippen LogP contribution in [0.4, 0.5) is 4.79 Å². The zero-order valence-electron chi connectivity index (χ0n) is 8.60. The van der Waals surface area contributed by atoms with E-state index in [1.54, 1.807) is 0 Å². The van der Waals surface area contributed by atoms with Gasteiger partial charge in [-0.25, -0.2) is 9.59 Å². The topological polar surface area (TPSA) is 119 Å². The van der Waals surface area contributed by atoms with Gasteiger partial charge in [0.2, 0.25) is 0 Å². The lowest BCUT2D eigenvalue weighted by Crippen LogP contribution is -2.44. The molecule has 0 aliphatic carbocycles. The maximum Gasteiger partial charge on any atom is 0.328 e. The van der Waals surface area contributed by atoms with Crippen molar-refractivity contribution in [2.75, 3.05) is 19.9 Å². The molecule has 0 fully saturated rings. The molecule has 0 saturated heterocycles. The third-order valence-corrected chi connectivity index (χ3v) is 2.72. The highest BCUT2D eigenvalue weighted by Crippen LogP contribution is 2.36. The van der Waals surface area contributed by atoms with Crippen molar-refractivity contribution in [3.8, 4) is 0 Å². The average Bonchev–Trinajstić information content (AvgIpc) is 2.09. The van der Waals surface area contributed by atoms with Crippen LogP contribution in [0.2, 0.25) is 0 Å². The summed E-state index contributed by atoms with van der Waals surface area (Å²) in [4.78, 5) is 30.6. The number of rotatable bonds is 5. The first-order valence-electron chi connectivity index (χ1n) is 4.19. The van der Waals surface area contributed by atoms with Gasteiger partial charge in [0.25, 0.3) is 0 Å². The van der Waals surface area contributed by atoms with Crippen LogP contribution in [0, 0.1) is 0 Å². The second-order valence-electron chi connectivity index (χ2n) is 3.15. The number of methoxy groups -OCH3 is 1. The Morgan fingerprint density at radius 2 is 2.13 bits per heavy atom. The van der Waals surface area contributed by atoms with E-state index in [-0.39, 0.29) is 12.6 Å². The van der Waals surface area contributed by atoms with Crippen LogP contribution >= 0.6 is 7.37 Å². The molecule has 0 aromatic heterocycles. The number of carbonyl (C=O) groups is 2.